The van der Waals surface area contributed by atoms with E-state index in [1.54, 1.807) is 0 Å². The summed E-state index contributed by atoms with van der Waals surface area (Å²) in [6.07, 6.45) is 0. The maximum atomic E-state index is 6.80. The zero-order chi connectivity index (χ0) is 41.2. The average Bonchev–Trinajstić information content (AvgIpc) is 4.01. The van der Waals surface area contributed by atoms with Gasteiger partial charge in [-0.2, -0.15) is 0 Å². The van der Waals surface area contributed by atoms with Gasteiger partial charge in [0.2, 0.25) is 0 Å². The molecule has 0 amide bonds. The van der Waals surface area contributed by atoms with Crippen LogP contribution in [0.4, 0.5) is 0 Å². The Morgan fingerprint density at radius 1 is 0.302 bits per heavy atom. The lowest BCUT2D eigenvalue weighted by molar-refractivity contribution is 0.668. The second-order valence-corrected chi connectivity index (χ2v) is 16.4. The summed E-state index contributed by atoms with van der Waals surface area (Å²) < 4.78 is 15.5. The molecule has 0 atom stereocenters. The van der Waals surface area contributed by atoms with Crippen LogP contribution in [-0.2, 0) is 0 Å². The minimum Gasteiger partial charge on any atom is -0.456 e. The fourth-order valence-electron chi connectivity index (χ4n) is 9.82. The van der Waals surface area contributed by atoms with Crippen molar-refractivity contribution in [2.45, 2.75) is 0 Å². The normalized spacial score (nSPS) is 12.1. The SMILES string of the molecule is c1ccc2cc(-c3nc(-c4ccc5c(c4)oc4ccccc45)nc(-c4ccc5oc6cc(-n7c8ccccc8c8cc9ccccc9cc87)c7ccccc7c6c5c4)n3)ccc2c1. The van der Waals surface area contributed by atoms with E-state index in [-0.39, 0.29) is 0 Å². The summed E-state index contributed by atoms with van der Waals surface area (Å²) in [4.78, 5) is 15.5. The van der Waals surface area contributed by atoms with E-state index in [1.807, 2.05) is 30.3 Å². The fourth-order valence-corrected chi connectivity index (χ4v) is 9.82. The molecular weight excluding hydrogens is 773 g/mol. The Bertz CT molecular complexity index is 4230. The van der Waals surface area contributed by atoms with Gasteiger partial charge in [0.05, 0.1) is 16.7 Å². The highest BCUT2D eigenvalue weighted by atomic mass is 16.3. The van der Waals surface area contributed by atoms with E-state index in [0.29, 0.717) is 17.5 Å². The van der Waals surface area contributed by atoms with Crippen LogP contribution in [0.2, 0.25) is 0 Å². The molecule has 6 heteroatoms. The first-order chi connectivity index (χ1) is 31.2. The molecular formula is C57H32N4O2. The maximum absolute atomic E-state index is 6.80. The predicted molar refractivity (Wildman–Crippen MR) is 258 cm³/mol. The molecule has 0 aliphatic carbocycles. The molecule has 14 aromatic rings. The van der Waals surface area contributed by atoms with Gasteiger partial charge in [-0.25, -0.2) is 15.0 Å². The third-order valence-electron chi connectivity index (χ3n) is 12.8. The summed E-state index contributed by atoms with van der Waals surface area (Å²) >= 11 is 0. The fraction of sp³-hybridized carbons (Fsp3) is 0. The highest BCUT2D eigenvalue weighted by Crippen LogP contribution is 2.43. The van der Waals surface area contributed by atoms with Crippen LogP contribution >= 0.6 is 0 Å². The number of para-hydroxylation sites is 2. The van der Waals surface area contributed by atoms with Gasteiger partial charge in [-0.3, -0.25) is 0 Å². The number of rotatable bonds is 4. The Labute approximate surface area is 358 Å². The number of aromatic nitrogens is 4. The molecule has 4 heterocycles. The van der Waals surface area contributed by atoms with Crippen LogP contribution in [0, 0.1) is 0 Å². The van der Waals surface area contributed by atoms with E-state index in [9.17, 15) is 0 Å². The lowest BCUT2D eigenvalue weighted by Gasteiger charge is -2.13. The Balaban J connectivity index is 0.982. The first-order valence-electron chi connectivity index (χ1n) is 21.2. The van der Waals surface area contributed by atoms with Crippen LogP contribution in [0.25, 0.3) is 138 Å². The molecule has 0 spiro atoms. The van der Waals surface area contributed by atoms with Crippen LogP contribution < -0.4 is 0 Å². The Morgan fingerprint density at radius 3 is 1.67 bits per heavy atom. The largest absolute Gasteiger partial charge is 0.456 e. The van der Waals surface area contributed by atoms with E-state index in [0.717, 1.165) is 98.8 Å². The summed E-state index contributed by atoms with van der Waals surface area (Å²) in [7, 11) is 0. The van der Waals surface area contributed by atoms with Crippen LogP contribution in [-0.4, -0.2) is 19.5 Å². The van der Waals surface area contributed by atoms with Gasteiger partial charge in [0.15, 0.2) is 17.5 Å². The van der Waals surface area contributed by atoms with E-state index in [2.05, 4.69) is 168 Å². The van der Waals surface area contributed by atoms with Gasteiger partial charge in [0, 0.05) is 60.5 Å². The Morgan fingerprint density at radius 2 is 0.857 bits per heavy atom. The third-order valence-corrected chi connectivity index (χ3v) is 12.8. The van der Waals surface area contributed by atoms with Crippen LogP contribution in [0.15, 0.2) is 203 Å². The Hall–Kier alpha value is -8.61. The van der Waals surface area contributed by atoms with Crippen LogP contribution in [0.3, 0.4) is 0 Å². The van der Waals surface area contributed by atoms with Crippen molar-refractivity contribution in [3.8, 4) is 39.9 Å². The highest BCUT2D eigenvalue weighted by molar-refractivity contribution is 6.22. The highest BCUT2D eigenvalue weighted by Gasteiger charge is 2.21. The number of nitrogens with zero attached hydrogens (tertiary/aromatic N) is 4. The predicted octanol–water partition coefficient (Wildman–Crippen LogP) is 15.2. The first kappa shape index (κ1) is 34.1. The van der Waals surface area contributed by atoms with Gasteiger partial charge in [-0.05, 0) is 87.6 Å². The zero-order valence-corrected chi connectivity index (χ0v) is 33.6. The van der Waals surface area contributed by atoms with Crippen molar-refractivity contribution in [2.75, 3.05) is 0 Å². The smallest absolute Gasteiger partial charge is 0.164 e. The molecule has 0 aliphatic heterocycles. The molecule has 63 heavy (non-hydrogen) atoms. The summed E-state index contributed by atoms with van der Waals surface area (Å²) in [5, 5.41) is 13.6. The van der Waals surface area contributed by atoms with Crippen molar-refractivity contribution >= 4 is 98.0 Å². The molecule has 0 fully saturated rings. The Kier molecular flexibility index (Phi) is 7.02. The second-order valence-electron chi connectivity index (χ2n) is 16.4. The number of hydrogen-bond acceptors (Lipinski definition) is 5. The molecule has 6 nitrogen and oxygen atoms in total. The van der Waals surface area contributed by atoms with Gasteiger partial charge < -0.3 is 13.4 Å². The van der Waals surface area contributed by atoms with E-state index < -0.39 is 0 Å². The van der Waals surface area contributed by atoms with E-state index in [4.69, 9.17) is 23.8 Å². The second kappa shape index (κ2) is 12.9. The lowest BCUT2D eigenvalue weighted by Crippen LogP contribution is -2.00. The van der Waals surface area contributed by atoms with Gasteiger partial charge in [-0.1, -0.05) is 127 Å². The molecule has 0 saturated carbocycles. The number of furan rings is 2. The molecule has 4 aromatic heterocycles. The van der Waals surface area contributed by atoms with Crippen molar-refractivity contribution in [2.24, 2.45) is 0 Å². The molecule has 292 valence electrons. The number of hydrogen-bond donors (Lipinski definition) is 0. The van der Waals surface area contributed by atoms with E-state index >= 15 is 0 Å². The maximum Gasteiger partial charge on any atom is 0.164 e. The molecule has 14 rings (SSSR count). The van der Waals surface area contributed by atoms with Gasteiger partial charge in [0.1, 0.15) is 22.3 Å². The molecule has 0 aliphatic rings. The molecule has 10 aromatic carbocycles. The minimum absolute atomic E-state index is 0.566. The molecule has 0 radical (unpaired) electrons. The number of benzene rings is 10. The monoisotopic (exact) mass is 804 g/mol. The lowest BCUT2D eigenvalue weighted by atomic mass is 10.0. The van der Waals surface area contributed by atoms with Gasteiger partial charge in [-0.15, -0.1) is 0 Å². The quantitative estimate of drug-likeness (QED) is 0.177. The van der Waals surface area contributed by atoms with Crippen LogP contribution in [0.5, 0.6) is 0 Å². The molecule has 0 N–H and O–H groups in total. The molecule has 0 saturated heterocycles. The summed E-state index contributed by atoms with van der Waals surface area (Å²) in [5.41, 5.74) is 9.25. The minimum atomic E-state index is 0.566. The van der Waals surface area contributed by atoms with Crippen molar-refractivity contribution in [1.29, 1.82) is 0 Å². The van der Waals surface area contributed by atoms with E-state index in [1.165, 1.54) is 21.5 Å². The number of fused-ring (bicyclic) bond motifs is 13. The standard InChI is InChI=1S/C57H32N4O2/c1-2-12-34-27-37(22-21-33(34)11-1)55-58-56(60-57(59-55)39-23-25-43-42-17-8-10-20-50(42)62-52(43)31-39)38-24-26-51-46(29-38)54-44-18-6-5-15-40(44)49(32-53(54)63-51)61-47-19-9-7-16-41(47)45-28-35-13-3-4-14-36(35)30-48(45)61/h1-32H. The zero-order valence-electron chi connectivity index (χ0n) is 33.6. The van der Waals surface area contributed by atoms with Gasteiger partial charge >= 0.3 is 0 Å². The molecule has 0 bridgehead atoms. The van der Waals surface area contributed by atoms with Crippen molar-refractivity contribution in [3.63, 3.8) is 0 Å². The van der Waals surface area contributed by atoms with Crippen molar-refractivity contribution in [1.82, 2.24) is 19.5 Å². The topological polar surface area (TPSA) is 69.9 Å². The molecule has 0 unspecified atom stereocenters. The van der Waals surface area contributed by atoms with Crippen molar-refractivity contribution < 1.29 is 8.83 Å². The summed E-state index contributed by atoms with van der Waals surface area (Å²) in [6.45, 7) is 0. The van der Waals surface area contributed by atoms with Crippen LogP contribution in [0.1, 0.15) is 0 Å². The summed E-state index contributed by atoms with van der Waals surface area (Å²) in [5.74, 6) is 1.73. The summed E-state index contributed by atoms with van der Waals surface area (Å²) in [6, 6.07) is 68.1. The third kappa shape index (κ3) is 5.15. The average molecular weight is 805 g/mol. The van der Waals surface area contributed by atoms with Crippen molar-refractivity contribution in [3.05, 3.63) is 194 Å². The van der Waals surface area contributed by atoms with Gasteiger partial charge in [0.25, 0.3) is 0 Å². The first-order valence-corrected chi connectivity index (χ1v) is 21.2.